The lowest BCUT2D eigenvalue weighted by Crippen LogP contribution is -2.62. The quantitative estimate of drug-likeness (QED) is 0.116. The molecule has 0 aromatic heterocycles. The summed E-state index contributed by atoms with van der Waals surface area (Å²) in [5.74, 6) is -0.637. The highest BCUT2D eigenvalue weighted by Crippen LogP contribution is 2.44. The van der Waals surface area contributed by atoms with Crippen molar-refractivity contribution in [3.8, 4) is 0 Å². The van der Waals surface area contributed by atoms with Crippen LogP contribution in [0.2, 0.25) is 18.1 Å². The molecule has 3 aliphatic rings. The molecular weight excluding hydrogens is 771 g/mol. The fourth-order valence-electron chi connectivity index (χ4n) is 8.80. The van der Waals surface area contributed by atoms with Crippen molar-refractivity contribution in [2.75, 3.05) is 35.4 Å². The first kappa shape index (κ1) is 52.1. The molecule has 0 aromatic rings. The summed E-state index contributed by atoms with van der Waals surface area (Å²) < 4.78 is 58.1. The second-order valence-corrected chi connectivity index (χ2v) is 25.0. The Morgan fingerprint density at radius 1 is 0.932 bits per heavy atom. The molecule has 3 heterocycles. The van der Waals surface area contributed by atoms with Gasteiger partial charge in [-0.25, -0.2) is 0 Å². The van der Waals surface area contributed by atoms with Crippen molar-refractivity contribution in [3.63, 3.8) is 0 Å². The Kier molecular flexibility index (Phi) is 19.8. The third-order valence-electron chi connectivity index (χ3n) is 14.0. The predicted molar refractivity (Wildman–Crippen MR) is 234 cm³/mol. The van der Waals surface area contributed by atoms with Crippen LogP contribution in [0, 0.1) is 29.1 Å². The van der Waals surface area contributed by atoms with Crippen LogP contribution in [0.25, 0.3) is 0 Å². The van der Waals surface area contributed by atoms with Crippen LogP contribution in [0.1, 0.15) is 108 Å². The molecule has 12 nitrogen and oxygen atoms in total. The number of hydrogen-bond donors (Lipinski definition) is 1. The minimum atomic E-state index is -2.22. The van der Waals surface area contributed by atoms with Gasteiger partial charge in [0.05, 0.1) is 36.9 Å². The standard InChI is InChI=1S/C46H85NO11Si/c1-28-24-34(25-38(50-14)51-15)42(57-44-30(3)40(47(12)13)41(33(6)55-44)56-39-27-46(10,11)31(4)32(5)54-39)43(52-16)35(48)26-37(49)53-29(2)22-20-19-21-23-36(28)58-59(17,18)45(7,8)9/h19-21,23,28-36,38-44,48H,22,24-27H2,1-18H3/b20-19+,23-21+/t28-,29-,30?,31+,32?,33-,34-,35+,36+,39+,40?,41-,42+,43+,44+/m1/s1. The van der Waals surface area contributed by atoms with Crippen molar-refractivity contribution in [1.29, 1.82) is 0 Å². The van der Waals surface area contributed by atoms with Crippen LogP contribution < -0.4 is 0 Å². The summed E-state index contributed by atoms with van der Waals surface area (Å²) in [6.07, 6.45) is 4.32. The van der Waals surface area contributed by atoms with Crippen LogP contribution in [0.3, 0.4) is 0 Å². The molecule has 2 saturated heterocycles. The van der Waals surface area contributed by atoms with E-state index in [0.717, 1.165) is 6.42 Å². The zero-order valence-electron chi connectivity index (χ0n) is 40.1. The lowest BCUT2D eigenvalue weighted by molar-refractivity contribution is -0.329. The fourth-order valence-corrected chi connectivity index (χ4v) is 10.1. The van der Waals surface area contributed by atoms with Gasteiger partial charge in [-0.05, 0) is 82.6 Å². The van der Waals surface area contributed by atoms with Gasteiger partial charge in [0.25, 0.3) is 0 Å². The Labute approximate surface area is 359 Å². The molecule has 344 valence electrons. The second kappa shape index (κ2) is 22.4. The molecule has 3 unspecified atom stereocenters. The third-order valence-corrected chi connectivity index (χ3v) is 18.4. The second-order valence-electron chi connectivity index (χ2n) is 20.2. The molecular formula is C46H85NO11Si. The molecule has 2 fully saturated rings. The van der Waals surface area contributed by atoms with Crippen LogP contribution in [0.4, 0.5) is 0 Å². The summed E-state index contributed by atoms with van der Waals surface area (Å²) in [6.45, 7) is 28.4. The van der Waals surface area contributed by atoms with Crippen LogP contribution in [0.5, 0.6) is 0 Å². The van der Waals surface area contributed by atoms with Gasteiger partial charge >= 0.3 is 5.97 Å². The summed E-state index contributed by atoms with van der Waals surface area (Å²) in [5.41, 5.74) is 0.0479. The summed E-state index contributed by atoms with van der Waals surface area (Å²) in [5, 5.41) is 11.9. The molecule has 0 spiro atoms. The van der Waals surface area contributed by atoms with Gasteiger partial charge in [-0.3, -0.25) is 4.79 Å². The number of aliphatic hydroxyl groups is 1. The predicted octanol–water partition coefficient (Wildman–Crippen LogP) is 8.12. The number of esters is 1. The van der Waals surface area contributed by atoms with Gasteiger partial charge < -0.3 is 52.3 Å². The topological polar surface area (TPSA) is 124 Å². The summed E-state index contributed by atoms with van der Waals surface area (Å²) in [4.78, 5) is 15.5. The zero-order valence-corrected chi connectivity index (χ0v) is 41.1. The van der Waals surface area contributed by atoms with Crippen LogP contribution in [-0.2, 0) is 47.1 Å². The highest BCUT2D eigenvalue weighted by Gasteiger charge is 2.50. The average molecular weight is 856 g/mol. The van der Waals surface area contributed by atoms with E-state index in [2.05, 4.69) is 100 Å². The van der Waals surface area contributed by atoms with Gasteiger partial charge in [0, 0.05) is 52.6 Å². The van der Waals surface area contributed by atoms with E-state index in [4.69, 9.17) is 42.3 Å². The summed E-state index contributed by atoms with van der Waals surface area (Å²) >= 11 is 0. The van der Waals surface area contributed by atoms with Crippen LogP contribution in [-0.4, -0.2) is 133 Å². The Morgan fingerprint density at radius 2 is 1.58 bits per heavy atom. The first-order chi connectivity index (χ1) is 27.4. The molecule has 0 radical (unpaired) electrons. The van der Waals surface area contributed by atoms with Crippen molar-refractivity contribution >= 4 is 14.3 Å². The maximum atomic E-state index is 13.3. The first-order valence-electron chi connectivity index (χ1n) is 22.1. The number of carbonyl (C=O) groups is 1. The van der Waals surface area contributed by atoms with E-state index in [-0.39, 0.29) is 77.5 Å². The molecule has 59 heavy (non-hydrogen) atoms. The molecule has 0 saturated carbocycles. The van der Waals surface area contributed by atoms with Crippen molar-refractivity contribution in [1.82, 2.24) is 4.90 Å². The smallest absolute Gasteiger partial charge is 0.308 e. The van der Waals surface area contributed by atoms with E-state index < -0.39 is 45.2 Å². The SMILES string of the molecule is COC(C[C@H]1C[C@@H](C)[C@@H](O[Si](C)(C)C(C)(C)C)/C=C/C=C/C[C@@H](C)OC(=O)C[C@H](O)[C@H](OC)[C@H]1O[C@@H]1O[C@H](C)[C@@H](O[C@H]2CC(C)(C)[C@@H](C)C(C)O2)C(N(C)C)C1C)OC. The van der Waals surface area contributed by atoms with Crippen molar-refractivity contribution in [2.24, 2.45) is 29.1 Å². The number of aliphatic hydroxyl groups excluding tert-OH is 1. The number of methoxy groups -OCH3 is 3. The molecule has 0 bridgehead atoms. The van der Waals surface area contributed by atoms with Gasteiger partial charge in [0.1, 0.15) is 18.3 Å². The Balaban J connectivity index is 2.12. The lowest BCUT2D eigenvalue weighted by atomic mass is 9.73. The highest BCUT2D eigenvalue weighted by atomic mass is 28.4. The van der Waals surface area contributed by atoms with Gasteiger partial charge in [-0.1, -0.05) is 79.7 Å². The van der Waals surface area contributed by atoms with E-state index >= 15 is 0 Å². The Morgan fingerprint density at radius 3 is 2.14 bits per heavy atom. The zero-order chi connectivity index (χ0) is 44.6. The van der Waals surface area contributed by atoms with Gasteiger partial charge in [0.15, 0.2) is 27.2 Å². The maximum absolute atomic E-state index is 13.3. The average Bonchev–Trinajstić information content (AvgIpc) is 3.12. The number of allylic oxidation sites excluding steroid dienone is 2. The molecule has 3 aliphatic heterocycles. The number of carbonyl (C=O) groups excluding carboxylic acids is 1. The minimum absolute atomic E-state index is 0.00791. The molecule has 1 N–H and O–H groups in total. The third kappa shape index (κ3) is 14.1. The lowest BCUT2D eigenvalue weighted by Gasteiger charge is -2.51. The number of rotatable bonds is 12. The van der Waals surface area contributed by atoms with E-state index in [1.165, 1.54) is 0 Å². The maximum Gasteiger partial charge on any atom is 0.308 e. The normalized spacial score (nSPS) is 39.5. The molecule has 15 atom stereocenters. The largest absolute Gasteiger partial charge is 0.462 e. The number of likely N-dealkylation sites (N-methyl/N-ethyl adjacent to an activating group) is 1. The summed E-state index contributed by atoms with van der Waals surface area (Å²) in [6, 6.07) is -0.109. The molecule has 13 heteroatoms. The Hall–Kier alpha value is -1.23. The van der Waals surface area contributed by atoms with Gasteiger partial charge in [-0.15, -0.1) is 0 Å². The van der Waals surface area contributed by atoms with Gasteiger partial charge in [0.2, 0.25) is 0 Å². The van der Waals surface area contributed by atoms with Crippen molar-refractivity contribution in [2.45, 2.75) is 200 Å². The van der Waals surface area contributed by atoms with Crippen LogP contribution in [0.15, 0.2) is 24.3 Å². The van der Waals surface area contributed by atoms with E-state index in [1.54, 1.807) is 21.3 Å². The monoisotopic (exact) mass is 856 g/mol. The number of cyclic esters (lactones) is 1. The number of hydrogen-bond acceptors (Lipinski definition) is 12. The molecule has 3 rings (SSSR count). The molecule has 0 aliphatic carbocycles. The first-order valence-corrected chi connectivity index (χ1v) is 25.0. The number of nitrogens with zero attached hydrogens (tertiary/aromatic N) is 1. The van der Waals surface area contributed by atoms with E-state index in [1.807, 2.05) is 32.1 Å². The Bertz CT molecular complexity index is 1330. The van der Waals surface area contributed by atoms with E-state index in [9.17, 15) is 9.90 Å². The minimum Gasteiger partial charge on any atom is -0.462 e. The van der Waals surface area contributed by atoms with Crippen LogP contribution >= 0.6 is 0 Å². The fraction of sp³-hybridized carbons (Fsp3) is 0.891. The highest BCUT2D eigenvalue weighted by molar-refractivity contribution is 6.74. The number of ether oxygens (including phenoxy) is 8. The van der Waals surface area contributed by atoms with Gasteiger partial charge in [-0.2, -0.15) is 0 Å². The molecule has 0 aromatic carbocycles. The molecule has 0 amide bonds. The van der Waals surface area contributed by atoms with Crippen molar-refractivity contribution in [3.05, 3.63) is 24.3 Å². The van der Waals surface area contributed by atoms with E-state index in [0.29, 0.717) is 25.2 Å². The van der Waals surface area contributed by atoms with Crippen molar-refractivity contribution < 1.29 is 52.2 Å². The summed E-state index contributed by atoms with van der Waals surface area (Å²) in [7, 11) is 6.68.